The van der Waals surface area contributed by atoms with E-state index in [0.717, 1.165) is 28.5 Å². The van der Waals surface area contributed by atoms with Crippen LogP contribution in [0.15, 0.2) is 24.3 Å². The van der Waals surface area contributed by atoms with Gasteiger partial charge in [-0.1, -0.05) is 17.4 Å². The zero-order chi connectivity index (χ0) is 16.2. The maximum Gasteiger partial charge on any atom is 0.254 e. The Balaban J connectivity index is 1.65. The van der Waals surface area contributed by atoms with Crippen molar-refractivity contribution in [3.05, 3.63) is 39.8 Å². The summed E-state index contributed by atoms with van der Waals surface area (Å²) in [6.07, 6.45) is 1.21. The van der Waals surface area contributed by atoms with Crippen LogP contribution in [0, 0.1) is 6.92 Å². The molecule has 0 bridgehead atoms. The number of aryl methyl sites for hydroxylation is 1. The molecule has 0 spiro atoms. The molecule has 1 fully saturated rings. The summed E-state index contributed by atoms with van der Waals surface area (Å²) < 4.78 is 0. The predicted molar refractivity (Wildman–Crippen MR) is 89.6 cm³/mol. The van der Waals surface area contributed by atoms with Gasteiger partial charge in [-0.2, -0.15) is 0 Å². The summed E-state index contributed by atoms with van der Waals surface area (Å²) in [6.45, 7) is 3.64. The molecule has 1 aromatic carbocycles. The molecule has 1 atom stereocenters. The number of nitrogens with zero attached hydrogens (tertiary/aromatic N) is 3. The van der Waals surface area contributed by atoms with E-state index in [9.17, 15) is 9.90 Å². The second kappa shape index (κ2) is 7.06. The van der Waals surface area contributed by atoms with Crippen molar-refractivity contribution in [2.75, 3.05) is 18.4 Å². The summed E-state index contributed by atoms with van der Waals surface area (Å²) in [5, 5.41) is 22.9. The molecule has 1 aliphatic heterocycles. The second-order valence-corrected chi connectivity index (χ2v) is 6.96. The van der Waals surface area contributed by atoms with Crippen molar-refractivity contribution in [3.63, 3.8) is 0 Å². The van der Waals surface area contributed by atoms with Crippen LogP contribution in [0.1, 0.15) is 33.2 Å². The van der Waals surface area contributed by atoms with Crippen molar-refractivity contribution in [1.82, 2.24) is 15.1 Å². The van der Waals surface area contributed by atoms with Gasteiger partial charge in [0, 0.05) is 24.3 Å². The average molecular weight is 332 g/mol. The average Bonchev–Trinajstić information content (AvgIpc) is 2.98. The number of anilines is 1. The molecule has 2 aromatic rings. The number of nitrogens with one attached hydrogen (secondary N) is 1. The molecule has 0 aliphatic carbocycles. The van der Waals surface area contributed by atoms with Gasteiger partial charge >= 0.3 is 0 Å². The van der Waals surface area contributed by atoms with Crippen LogP contribution in [0.3, 0.4) is 0 Å². The zero-order valence-corrected chi connectivity index (χ0v) is 13.8. The van der Waals surface area contributed by atoms with Gasteiger partial charge in [0.15, 0.2) is 0 Å². The Kier molecular flexibility index (Phi) is 4.88. The molecule has 0 saturated carbocycles. The topological polar surface area (TPSA) is 78.4 Å². The van der Waals surface area contributed by atoms with Crippen molar-refractivity contribution in [3.8, 4) is 0 Å². The fourth-order valence-corrected chi connectivity index (χ4v) is 3.32. The van der Waals surface area contributed by atoms with E-state index < -0.39 is 6.10 Å². The number of carbonyl (C=O) groups is 1. The van der Waals surface area contributed by atoms with Crippen molar-refractivity contribution < 1.29 is 9.90 Å². The normalized spacial score (nSPS) is 18.0. The first-order valence-corrected chi connectivity index (χ1v) is 8.54. The highest BCUT2D eigenvalue weighted by molar-refractivity contribution is 7.11. The van der Waals surface area contributed by atoms with Crippen molar-refractivity contribution in [2.45, 2.75) is 32.4 Å². The number of amides is 1. The van der Waals surface area contributed by atoms with Crippen LogP contribution in [-0.4, -0.2) is 45.3 Å². The van der Waals surface area contributed by atoms with Gasteiger partial charge in [-0.05, 0) is 38.0 Å². The molecule has 6 nitrogen and oxygen atoms in total. The van der Waals surface area contributed by atoms with Crippen LogP contribution in [0.25, 0.3) is 0 Å². The summed E-state index contributed by atoms with van der Waals surface area (Å²) in [5.41, 5.74) is 1.51. The van der Waals surface area contributed by atoms with Crippen LogP contribution >= 0.6 is 11.3 Å². The molecule has 0 radical (unpaired) electrons. The summed E-state index contributed by atoms with van der Waals surface area (Å²) in [6, 6.07) is 7.44. The van der Waals surface area contributed by atoms with Crippen LogP contribution in [-0.2, 0) is 6.54 Å². The Hall–Kier alpha value is -1.99. The van der Waals surface area contributed by atoms with E-state index in [2.05, 4.69) is 15.5 Å². The minimum Gasteiger partial charge on any atom is -0.391 e. The quantitative estimate of drug-likeness (QED) is 0.896. The number of hydrogen-bond donors (Lipinski definition) is 2. The minimum atomic E-state index is -0.408. The van der Waals surface area contributed by atoms with E-state index in [1.165, 1.54) is 0 Å². The van der Waals surface area contributed by atoms with E-state index >= 15 is 0 Å². The van der Waals surface area contributed by atoms with Gasteiger partial charge in [0.25, 0.3) is 5.91 Å². The van der Waals surface area contributed by atoms with Crippen LogP contribution in [0.4, 0.5) is 5.69 Å². The molecule has 2 N–H and O–H groups in total. The maximum atomic E-state index is 12.5. The monoisotopic (exact) mass is 332 g/mol. The van der Waals surface area contributed by atoms with E-state index in [4.69, 9.17) is 0 Å². The van der Waals surface area contributed by atoms with Crippen molar-refractivity contribution >= 4 is 22.9 Å². The SMILES string of the molecule is Cc1nnc(CNc2cccc(C(=O)N3CCC[C@@H](O)C3)c2)s1. The van der Waals surface area contributed by atoms with E-state index in [0.29, 0.717) is 25.2 Å². The van der Waals surface area contributed by atoms with Gasteiger partial charge in [0.1, 0.15) is 10.0 Å². The summed E-state index contributed by atoms with van der Waals surface area (Å²) in [5.74, 6) is -0.0286. The summed E-state index contributed by atoms with van der Waals surface area (Å²) in [7, 11) is 0. The molecule has 1 aliphatic rings. The predicted octanol–water partition coefficient (Wildman–Crippen LogP) is 2.06. The third kappa shape index (κ3) is 4.05. The maximum absolute atomic E-state index is 12.5. The highest BCUT2D eigenvalue weighted by atomic mass is 32.1. The van der Waals surface area contributed by atoms with Crippen molar-refractivity contribution in [1.29, 1.82) is 0 Å². The van der Waals surface area contributed by atoms with Gasteiger partial charge in [0.2, 0.25) is 0 Å². The first-order valence-electron chi connectivity index (χ1n) is 7.72. The fraction of sp³-hybridized carbons (Fsp3) is 0.438. The second-order valence-electron chi connectivity index (χ2n) is 5.70. The minimum absolute atomic E-state index is 0.0286. The van der Waals surface area contributed by atoms with Crippen LogP contribution in [0.5, 0.6) is 0 Å². The first kappa shape index (κ1) is 15.9. The van der Waals surface area contributed by atoms with Gasteiger partial charge in [-0.15, -0.1) is 10.2 Å². The highest BCUT2D eigenvalue weighted by Crippen LogP contribution is 2.18. The van der Waals surface area contributed by atoms with E-state index in [-0.39, 0.29) is 5.91 Å². The van der Waals surface area contributed by atoms with E-state index in [1.807, 2.05) is 31.2 Å². The summed E-state index contributed by atoms with van der Waals surface area (Å²) in [4.78, 5) is 14.3. The first-order chi connectivity index (χ1) is 11.1. The molecule has 3 rings (SSSR count). The molecule has 0 unspecified atom stereocenters. The lowest BCUT2D eigenvalue weighted by Gasteiger charge is -2.30. The fourth-order valence-electron chi connectivity index (χ4n) is 2.67. The lowest BCUT2D eigenvalue weighted by Crippen LogP contribution is -2.42. The molecule has 122 valence electrons. The van der Waals surface area contributed by atoms with Crippen LogP contribution < -0.4 is 5.32 Å². The Labute approximate surface area is 139 Å². The third-order valence-electron chi connectivity index (χ3n) is 3.80. The van der Waals surface area contributed by atoms with Gasteiger partial charge in [-0.25, -0.2) is 0 Å². The molecule has 2 heterocycles. The number of rotatable bonds is 4. The molecule has 23 heavy (non-hydrogen) atoms. The Morgan fingerprint density at radius 1 is 1.48 bits per heavy atom. The zero-order valence-electron chi connectivity index (χ0n) is 13.0. The number of likely N-dealkylation sites (tertiary alicyclic amines) is 1. The van der Waals surface area contributed by atoms with E-state index in [1.54, 1.807) is 16.2 Å². The van der Waals surface area contributed by atoms with Gasteiger partial charge in [0.05, 0.1) is 12.6 Å². The Morgan fingerprint density at radius 2 is 2.35 bits per heavy atom. The van der Waals surface area contributed by atoms with Crippen molar-refractivity contribution in [2.24, 2.45) is 0 Å². The molecule has 7 heteroatoms. The number of piperidine rings is 1. The standard InChI is InChI=1S/C16H20N4O2S/c1-11-18-19-15(23-11)9-17-13-5-2-4-12(8-13)16(22)20-7-3-6-14(21)10-20/h2,4-5,8,14,17,21H,3,6-7,9-10H2,1H3/t14-/m1/s1. The largest absolute Gasteiger partial charge is 0.391 e. The van der Waals surface area contributed by atoms with Crippen LogP contribution in [0.2, 0.25) is 0 Å². The molecular formula is C16H20N4O2S. The lowest BCUT2D eigenvalue weighted by atomic mass is 10.1. The smallest absolute Gasteiger partial charge is 0.254 e. The molecule has 1 aromatic heterocycles. The highest BCUT2D eigenvalue weighted by Gasteiger charge is 2.23. The molecule has 1 saturated heterocycles. The number of β-amino-alcohol motifs (C(OH)–C–C–N with tert-alkyl or cyclic N) is 1. The Bertz CT molecular complexity index is 688. The lowest BCUT2D eigenvalue weighted by molar-refractivity contribution is 0.0474. The number of aromatic nitrogens is 2. The number of benzene rings is 1. The number of carbonyl (C=O) groups excluding carboxylic acids is 1. The Morgan fingerprint density at radius 3 is 3.09 bits per heavy atom. The molecular weight excluding hydrogens is 312 g/mol. The van der Waals surface area contributed by atoms with Gasteiger partial charge in [-0.3, -0.25) is 4.79 Å². The number of aliphatic hydroxyl groups is 1. The third-order valence-corrected chi connectivity index (χ3v) is 4.64. The van der Waals surface area contributed by atoms with Gasteiger partial charge < -0.3 is 15.3 Å². The molecule has 1 amide bonds. The number of hydrogen-bond acceptors (Lipinski definition) is 6. The summed E-state index contributed by atoms with van der Waals surface area (Å²) >= 11 is 1.55. The number of aliphatic hydroxyl groups excluding tert-OH is 1.